The third kappa shape index (κ3) is 3.98. The van der Waals surface area contributed by atoms with Gasteiger partial charge in [-0.05, 0) is 50.2 Å². The van der Waals surface area contributed by atoms with Crippen LogP contribution in [0.25, 0.3) is 0 Å². The molecule has 1 saturated carbocycles. The van der Waals surface area contributed by atoms with E-state index in [9.17, 15) is 9.59 Å². The van der Waals surface area contributed by atoms with Crippen LogP contribution in [0.1, 0.15) is 30.9 Å². The average Bonchev–Trinajstić information content (AvgIpc) is 3.55. The van der Waals surface area contributed by atoms with Crippen LogP contribution in [0.2, 0.25) is 0 Å². The van der Waals surface area contributed by atoms with Crippen molar-refractivity contribution < 1.29 is 19.2 Å². The molecule has 6 heteroatoms. The van der Waals surface area contributed by atoms with Crippen LogP contribution < -0.4 is 14.5 Å². The van der Waals surface area contributed by atoms with Gasteiger partial charge in [0.05, 0.1) is 13.2 Å². The highest BCUT2D eigenvalue weighted by molar-refractivity contribution is 6.13. The van der Waals surface area contributed by atoms with Gasteiger partial charge in [0.25, 0.3) is 5.91 Å². The van der Waals surface area contributed by atoms with Gasteiger partial charge in [-0.25, -0.2) is 9.69 Å². The Kier molecular flexibility index (Phi) is 5.28. The number of amides is 3. The predicted molar refractivity (Wildman–Crippen MR) is 111 cm³/mol. The second-order valence-electron chi connectivity index (χ2n) is 8.05. The Balaban J connectivity index is 1.50. The maximum Gasteiger partial charge on any atom is 0.336 e. The molecule has 2 aromatic rings. The number of methoxy groups -OCH3 is 1. The molecule has 2 aliphatic rings. The third-order valence-electron chi connectivity index (χ3n) is 5.87. The number of hydrogen-bond donors (Lipinski definition) is 1. The molecule has 29 heavy (non-hydrogen) atoms. The van der Waals surface area contributed by atoms with Crippen LogP contribution in [0.5, 0.6) is 5.75 Å². The molecule has 6 nitrogen and oxygen atoms in total. The topological polar surface area (TPSA) is 54.3 Å². The number of nitrogens with zero attached hydrogens (tertiary/aromatic N) is 2. The molecule has 1 N–H and O–H groups in total. The number of nitrogens with one attached hydrogen (secondary N) is 1. The zero-order valence-corrected chi connectivity index (χ0v) is 17.2. The lowest BCUT2D eigenvalue weighted by atomic mass is 10.2. The van der Waals surface area contributed by atoms with E-state index in [1.807, 2.05) is 43.3 Å². The summed E-state index contributed by atoms with van der Waals surface area (Å²) in [6, 6.07) is 15.5. The van der Waals surface area contributed by atoms with E-state index in [0.29, 0.717) is 12.7 Å². The molecule has 1 unspecified atom stereocenters. The number of carbonyl (C=O) groups is 2. The fraction of sp³-hybridized carbons (Fsp3) is 0.391. The Hall–Kier alpha value is -2.86. The van der Waals surface area contributed by atoms with E-state index in [2.05, 4.69) is 12.1 Å². The minimum atomic E-state index is -0.480. The van der Waals surface area contributed by atoms with E-state index in [4.69, 9.17) is 4.74 Å². The van der Waals surface area contributed by atoms with Gasteiger partial charge in [-0.1, -0.05) is 17.7 Å². The number of imide groups is 1. The van der Waals surface area contributed by atoms with E-state index in [1.54, 1.807) is 18.9 Å². The van der Waals surface area contributed by atoms with Gasteiger partial charge in [0.1, 0.15) is 18.3 Å². The van der Waals surface area contributed by atoms with Crippen LogP contribution in [-0.4, -0.2) is 42.7 Å². The zero-order valence-electron chi connectivity index (χ0n) is 17.2. The number of hydrogen-bond acceptors (Lipinski definition) is 3. The van der Waals surface area contributed by atoms with E-state index < -0.39 is 6.04 Å². The minimum absolute atomic E-state index is 0.122. The van der Waals surface area contributed by atoms with E-state index in [1.165, 1.54) is 15.4 Å². The first-order valence-electron chi connectivity index (χ1n) is 10.2. The summed E-state index contributed by atoms with van der Waals surface area (Å²) in [5, 5.41) is 0. The summed E-state index contributed by atoms with van der Waals surface area (Å²) in [6.45, 7) is 5.00. The molecule has 0 spiro atoms. The standard InChI is InChI=1S/C23H27N3O3/c1-16-4-8-20(9-5-16)26-17(2)22(27)25(23(26)28)15-24(19-10-11-19)14-18-6-12-21(29-3)13-7-18/h4-9,12-13,17,19H,10-11,14-15H2,1-3H3/p+1/t17-/m1/s1. The molecule has 4 rings (SSSR count). The molecule has 152 valence electrons. The predicted octanol–water partition coefficient (Wildman–Crippen LogP) is 2.37. The first kappa shape index (κ1) is 19.5. The molecule has 2 aromatic carbocycles. The molecular formula is C23H28N3O3+. The second kappa shape index (κ2) is 7.87. The highest BCUT2D eigenvalue weighted by atomic mass is 16.5. The molecule has 2 fully saturated rings. The van der Waals surface area contributed by atoms with Gasteiger partial charge >= 0.3 is 6.03 Å². The Morgan fingerprint density at radius 2 is 1.69 bits per heavy atom. The fourth-order valence-electron chi connectivity index (χ4n) is 3.94. The molecule has 0 aromatic heterocycles. The van der Waals surface area contributed by atoms with Crippen LogP contribution in [-0.2, 0) is 11.3 Å². The van der Waals surface area contributed by atoms with Crippen molar-refractivity contribution in [2.75, 3.05) is 18.7 Å². The highest BCUT2D eigenvalue weighted by Gasteiger charge is 2.46. The summed E-state index contributed by atoms with van der Waals surface area (Å²) in [5.41, 5.74) is 3.07. The van der Waals surface area contributed by atoms with Crippen molar-refractivity contribution in [3.8, 4) is 5.75 Å². The number of quaternary nitrogens is 1. The van der Waals surface area contributed by atoms with Crippen molar-refractivity contribution in [2.24, 2.45) is 0 Å². The first-order chi connectivity index (χ1) is 14.0. The van der Waals surface area contributed by atoms with E-state index in [-0.39, 0.29) is 11.9 Å². The molecule has 1 heterocycles. The number of urea groups is 1. The summed E-state index contributed by atoms with van der Waals surface area (Å²) in [5.74, 6) is 0.706. The summed E-state index contributed by atoms with van der Waals surface area (Å²) < 4.78 is 5.23. The molecule has 0 bridgehead atoms. The van der Waals surface area contributed by atoms with E-state index >= 15 is 0 Å². The quantitative estimate of drug-likeness (QED) is 0.734. The maximum absolute atomic E-state index is 13.1. The van der Waals surface area contributed by atoms with Gasteiger partial charge in [0, 0.05) is 24.1 Å². The molecule has 3 amide bonds. The Labute approximate surface area is 171 Å². The van der Waals surface area contributed by atoms with Gasteiger partial charge in [-0.3, -0.25) is 9.69 Å². The van der Waals surface area contributed by atoms with Gasteiger partial charge in [-0.2, -0.15) is 0 Å². The van der Waals surface area contributed by atoms with Crippen LogP contribution >= 0.6 is 0 Å². The van der Waals surface area contributed by atoms with E-state index in [0.717, 1.165) is 36.4 Å². The van der Waals surface area contributed by atoms with Crippen molar-refractivity contribution >= 4 is 17.6 Å². The average molecular weight is 394 g/mol. The Morgan fingerprint density at radius 3 is 2.28 bits per heavy atom. The minimum Gasteiger partial charge on any atom is -0.497 e. The van der Waals surface area contributed by atoms with Gasteiger partial charge in [0.2, 0.25) is 0 Å². The second-order valence-corrected chi connectivity index (χ2v) is 8.05. The van der Waals surface area contributed by atoms with Gasteiger partial charge < -0.3 is 9.64 Å². The first-order valence-corrected chi connectivity index (χ1v) is 10.2. The molecule has 1 saturated heterocycles. The van der Waals surface area contributed by atoms with Crippen molar-refractivity contribution in [3.05, 3.63) is 59.7 Å². The molecule has 2 atom stereocenters. The van der Waals surface area contributed by atoms with Crippen molar-refractivity contribution in [3.63, 3.8) is 0 Å². The lowest BCUT2D eigenvalue weighted by Gasteiger charge is -2.24. The largest absolute Gasteiger partial charge is 0.497 e. The molecule has 0 radical (unpaired) electrons. The van der Waals surface area contributed by atoms with Gasteiger partial charge in [0.15, 0.2) is 6.67 Å². The molecule has 1 aliphatic heterocycles. The monoisotopic (exact) mass is 394 g/mol. The summed E-state index contributed by atoms with van der Waals surface area (Å²) in [4.78, 5) is 30.3. The normalized spacial score (nSPS) is 20.3. The fourth-order valence-corrected chi connectivity index (χ4v) is 3.94. The lowest BCUT2D eigenvalue weighted by molar-refractivity contribution is -0.931. The zero-order chi connectivity index (χ0) is 20.5. The van der Waals surface area contributed by atoms with Crippen molar-refractivity contribution in [1.82, 2.24) is 4.90 Å². The Bertz CT molecular complexity index is 891. The number of aryl methyl sites for hydroxylation is 1. The summed E-state index contributed by atoms with van der Waals surface area (Å²) in [7, 11) is 1.66. The van der Waals surface area contributed by atoms with Crippen LogP contribution in [0.4, 0.5) is 10.5 Å². The smallest absolute Gasteiger partial charge is 0.336 e. The number of rotatable bonds is 7. The lowest BCUT2D eigenvalue weighted by Crippen LogP contribution is -3.13. The summed E-state index contributed by atoms with van der Waals surface area (Å²) >= 11 is 0. The number of carbonyl (C=O) groups excluding carboxylic acids is 2. The highest BCUT2D eigenvalue weighted by Crippen LogP contribution is 2.26. The Morgan fingerprint density at radius 1 is 1.03 bits per heavy atom. The molecule has 1 aliphatic carbocycles. The van der Waals surface area contributed by atoms with Crippen LogP contribution in [0, 0.1) is 6.92 Å². The third-order valence-corrected chi connectivity index (χ3v) is 5.87. The van der Waals surface area contributed by atoms with Crippen molar-refractivity contribution in [2.45, 2.75) is 45.3 Å². The van der Waals surface area contributed by atoms with Gasteiger partial charge in [-0.15, -0.1) is 0 Å². The van der Waals surface area contributed by atoms with Crippen LogP contribution in [0.3, 0.4) is 0 Å². The maximum atomic E-state index is 13.1. The number of anilines is 1. The van der Waals surface area contributed by atoms with Crippen molar-refractivity contribution in [1.29, 1.82) is 0 Å². The summed E-state index contributed by atoms with van der Waals surface area (Å²) in [6.07, 6.45) is 2.28. The van der Waals surface area contributed by atoms with Crippen LogP contribution in [0.15, 0.2) is 48.5 Å². The molecular weight excluding hydrogens is 366 g/mol. The SMILES string of the molecule is COc1ccc(C[NH+](CN2C(=O)[C@@H](C)N(c3ccc(C)cc3)C2=O)C2CC2)cc1. The number of ether oxygens (including phenoxy) is 1. The number of benzene rings is 2.